The molecule has 0 aliphatic heterocycles. The number of pyridine rings is 1. The van der Waals surface area contributed by atoms with Crippen LogP contribution in [0.1, 0.15) is 42.0 Å². The summed E-state index contributed by atoms with van der Waals surface area (Å²) in [6.45, 7) is 6.68. The third kappa shape index (κ3) is 8.30. The summed E-state index contributed by atoms with van der Waals surface area (Å²) in [6, 6.07) is 12.9. The Morgan fingerprint density at radius 1 is 1.00 bits per heavy atom. The molecule has 12 nitrogen and oxygen atoms in total. The van der Waals surface area contributed by atoms with Gasteiger partial charge in [0, 0.05) is 24.4 Å². The molecule has 0 bridgehead atoms. The van der Waals surface area contributed by atoms with Gasteiger partial charge in [-0.1, -0.05) is 12.1 Å². The Labute approximate surface area is 261 Å². The van der Waals surface area contributed by atoms with Gasteiger partial charge in [-0.05, 0) is 68.3 Å². The lowest BCUT2D eigenvalue weighted by Crippen LogP contribution is -2.03. The van der Waals surface area contributed by atoms with Crippen molar-refractivity contribution in [1.82, 2.24) is 19.7 Å². The van der Waals surface area contributed by atoms with Gasteiger partial charge in [0.15, 0.2) is 17.3 Å². The van der Waals surface area contributed by atoms with Gasteiger partial charge in [0.25, 0.3) is 5.89 Å². The molecule has 0 aliphatic carbocycles. The zero-order valence-corrected chi connectivity index (χ0v) is 26.4. The van der Waals surface area contributed by atoms with Crippen molar-refractivity contribution < 1.29 is 36.7 Å². The lowest BCUT2D eigenvalue weighted by molar-refractivity contribution is 0.229. The fraction of sp³-hybridized carbons (Fsp3) is 0.281. The minimum absolute atomic E-state index is 0.180. The Kier molecular flexibility index (Phi) is 10.5. The molecule has 5 aromatic rings. The molecule has 1 aromatic carbocycles. The summed E-state index contributed by atoms with van der Waals surface area (Å²) < 4.78 is 54.5. The van der Waals surface area contributed by atoms with E-state index in [1.54, 1.807) is 62.5 Å². The average molecular weight is 635 g/mol. The van der Waals surface area contributed by atoms with Gasteiger partial charge < -0.3 is 32.1 Å². The van der Waals surface area contributed by atoms with Crippen LogP contribution in [0.3, 0.4) is 0 Å². The van der Waals surface area contributed by atoms with Crippen molar-refractivity contribution in [1.29, 1.82) is 0 Å². The summed E-state index contributed by atoms with van der Waals surface area (Å²) in [7, 11) is -1.86. The van der Waals surface area contributed by atoms with Crippen molar-refractivity contribution in [2.24, 2.45) is 0 Å². The Morgan fingerprint density at radius 3 is 2.56 bits per heavy atom. The van der Waals surface area contributed by atoms with Crippen LogP contribution in [-0.4, -0.2) is 40.1 Å². The number of nitrogens with zero attached hydrogens (tertiary/aromatic N) is 4. The molecule has 4 aromatic heterocycles. The number of hydrogen-bond donors (Lipinski definition) is 0. The van der Waals surface area contributed by atoms with Crippen molar-refractivity contribution in [3.05, 3.63) is 101 Å². The van der Waals surface area contributed by atoms with Crippen LogP contribution in [0.2, 0.25) is 0 Å². The topological polar surface area (TPSA) is 133 Å². The third-order valence-electron chi connectivity index (χ3n) is 6.47. The second-order valence-electron chi connectivity index (χ2n) is 9.70. The molecule has 0 radical (unpaired) electrons. The van der Waals surface area contributed by atoms with Crippen LogP contribution < -0.4 is 14.2 Å². The molecule has 0 N–H and O–H groups in total. The number of oxazole rings is 1. The molecule has 0 spiro atoms. The van der Waals surface area contributed by atoms with Crippen LogP contribution in [0.4, 0.5) is 0 Å². The summed E-state index contributed by atoms with van der Waals surface area (Å²) in [4.78, 5) is 8.67. The van der Waals surface area contributed by atoms with Crippen LogP contribution in [0.25, 0.3) is 17.7 Å². The quantitative estimate of drug-likeness (QED) is 0.101. The molecule has 0 atom stereocenters. The van der Waals surface area contributed by atoms with Crippen LogP contribution >= 0.6 is 7.60 Å². The Morgan fingerprint density at radius 2 is 1.84 bits per heavy atom. The Bertz CT molecular complexity index is 1740. The maximum atomic E-state index is 13.0. The monoisotopic (exact) mass is 634 g/mol. The number of hydrogen-bond acceptors (Lipinski definition) is 11. The van der Waals surface area contributed by atoms with E-state index >= 15 is 0 Å². The van der Waals surface area contributed by atoms with E-state index in [0.717, 1.165) is 11.1 Å². The van der Waals surface area contributed by atoms with Gasteiger partial charge in [-0.3, -0.25) is 14.2 Å². The highest BCUT2D eigenvalue weighted by atomic mass is 31.2. The first kappa shape index (κ1) is 31.8. The van der Waals surface area contributed by atoms with Gasteiger partial charge in [-0.25, -0.2) is 4.98 Å². The van der Waals surface area contributed by atoms with Gasteiger partial charge >= 0.3 is 7.60 Å². The molecular weight excluding hydrogens is 599 g/mol. The van der Waals surface area contributed by atoms with Crippen molar-refractivity contribution in [3.8, 4) is 29.0 Å². The van der Waals surface area contributed by atoms with Crippen LogP contribution in [-0.2, 0) is 33.4 Å². The Hall–Kier alpha value is -4.64. The van der Waals surface area contributed by atoms with Crippen molar-refractivity contribution >= 4 is 13.7 Å². The maximum absolute atomic E-state index is 13.0. The highest BCUT2D eigenvalue weighted by Crippen LogP contribution is 2.50. The molecule has 236 valence electrons. The first-order valence-corrected chi connectivity index (χ1v) is 16.0. The number of rotatable bonds is 16. The minimum Gasteiger partial charge on any atom is -0.493 e. The summed E-state index contributed by atoms with van der Waals surface area (Å²) in [5.74, 6) is 4.42. The van der Waals surface area contributed by atoms with Gasteiger partial charge in [-0.15, -0.1) is 5.10 Å². The van der Waals surface area contributed by atoms with Gasteiger partial charge in [0.2, 0.25) is 5.88 Å². The van der Waals surface area contributed by atoms with Crippen LogP contribution in [0.15, 0.2) is 82.0 Å². The molecule has 0 unspecified atom stereocenters. The molecule has 13 heteroatoms. The highest BCUT2D eigenvalue weighted by molar-refractivity contribution is 7.57. The number of methoxy groups -OCH3 is 1. The number of furan rings is 1. The number of aromatic nitrogens is 4. The molecular formula is C32H35N4O8P. The van der Waals surface area contributed by atoms with Crippen molar-refractivity contribution in [3.63, 3.8) is 0 Å². The second-order valence-corrected chi connectivity index (χ2v) is 11.6. The van der Waals surface area contributed by atoms with Crippen LogP contribution in [0.5, 0.6) is 17.4 Å². The van der Waals surface area contributed by atoms with E-state index in [0.29, 0.717) is 52.6 Å². The molecule has 45 heavy (non-hydrogen) atoms. The normalized spacial score (nSPS) is 11.7. The smallest absolute Gasteiger partial charge is 0.354 e. The zero-order chi connectivity index (χ0) is 31.6. The fourth-order valence-electron chi connectivity index (χ4n) is 4.35. The third-order valence-corrected chi connectivity index (χ3v) is 8.22. The number of ether oxygens (including phenoxy) is 3. The summed E-state index contributed by atoms with van der Waals surface area (Å²) in [5, 5.41) is 4.63. The summed E-state index contributed by atoms with van der Waals surface area (Å²) in [5.41, 5.74) is 3.05. The molecule has 0 fully saturated rings. The molecule has 0 saturated carbocycles. The molecule has 5 rings (SSSR count). The second kappa shape index (κ2) is 14.9. The van der Waals surface area contributed by atoms with E-state index in [-0.39, 0.29) is 26.4 Å². The summed E-state index contributed by atoms with van der Waals surface area (Å²) >= 11 is 0. The van der Waals surface area contributed by atoms with Crippen molar-refractivity contribution in [2.75, 3.05) is 20.3 Å². The zero-order valence-electron chi connectivity index (χ0n) is 25.5. The van der Waals surface area contributed by atoms with E-state index in [2.05, 4.69) is 15.1 Å². The molecule has 4 heterocycles. The lowest BCUT2D eigenvalue weighted by atomic mass is 10.2. The van der Waals surface area contributed by atoms with E-state index in [9.17, 15) is 4.57 Å². The van der Waals surface area contributed by atoms with E-state index < -0.39 is 7.60 Å². The summed E-state index contributed by atoms with van der Waals surface area (Å²) in [6.07, 6.45) is 8.51. The SMILES string of the molecule is CCOP(=O)(/C=C/c1cn(Cc2cccnc2)nc1OCc1ccc(OCc2nc(-c3ccco3)oc2C)c(OC)c1)OCC. The van der Waals surface area contributed by atoms with Gasteiger partial charge in [-0.2, -0.15) is 0 Å². The Balaban J connectivity index is 1.30. The van der Waals surface area contributed by atoms with E-state index in [1.165, 1.54) is 5.82 Å². The number of aryl methyl sites for hydroxylation is 1. The molecule has 0 aliphatic rings. The first-order chi connectivity index (χ1) is 21.9. The fourth-order valence-corrected chi connectivity index (χ4v) is 5.66. The highest BCUT2D eigenvalue weighted by Gasteiger charge is 2.20. The van der Waals surface area contributed by atoms with E-state index in [1.807, 2.05) is 43.5 Å². The predicted molar refractivity (Wildman–Crippen MR) is 166 cm³/mol. The molecule has 0 amide bonds. The predicted octanol–water partition coefficient (Wildman–Crippen LogP) is 7.29. The minimum atomic E-state index is -3.43. The molecule has 0 saturated heterocycles. The van der Waals surface area contributed by atoms with Crippen LogP contribution in [0, 0.1) is 6.92 Å². The van der Waals surface area contributed by atoms with Gasteiger partial charge in [0.05, 0.1) is 38.7 Å². The standard InChI is InChI=1S/C32H35N4O8P/c1-5-42-45(37,43-6-2)16-13-26-20-36(19-25-9-7-14-33-18-25)35-31(26)41-21-24-11-12-28(30(17-24)38-4)40-22-27-23(3)44-32(34-27)29-10-8-15-39-29/h7-18,20H,5-6,19,21-22H2,1-4H3/b16-13+. The number of benzene rings is 1. The average Bonchev–Trinajstić information content (AvgIpc) is 3.79. The van der Waals surface area contributed by atoms with E-state index in [4.69, 9.17) is 32.1 Å². The van der Waals surface area contributed by atoms with Crippen molar-refractivity contribution in [2.45, 2.75) is 40.5 Å². The lowest BCUT2D eigenvalue weighted by Gasteiger charge is -2.13. The first-order valence-electron chi connectivity index (χ1n) is 14.4. The maximum Gasteiger partial charge on any atom is 0.354 e. The van der Waals surface area contributed by atoms with Gasteiger partial charge in [0.1, 0.15) is 24.7 Å². The largest absolute Gasteiger partial charge is 0.493 e.